The summed E-state index contributed by atoms with van der Waals surface area (Å²) in [6.07, 6.45) is 1.91. The number of rotatable bonds is 3. The lowest BCUT2D eigenvalue weighted by atomic mass is 10.0. The fourth-order valence-corrected chi connectivity index (χ4v) is 1.75. The van der Waals surface area contributed by atoms with E-state index in [0.717, 1.165) is 11.3 Å². The Morgan fingerprint density at radius 1 is 1.18 bits per heavy atom. The summed E-state index contributed by atoms with van der Waals surface area (Å²) in [5.74, 6) is 0. The summed E-state index contributed by atoms with van der Waals surface area (Å²) in [5, 5.41) is 4.33. The highest BCUT2D eigenvalue weighted by atomic mass is 15.3. The van der Waals surface area contributed by atoms with Gasteiger partial charge in [0.25, 0.3) is 0 Å². The first-order valence-electron chi connectivity index (χ1n) is 5.60. The first kappa shape index (κ1) is 11.7. The number of hydrogen-bond acceptors (Lipinski definition) is 3. The Morgan fingerprint density at radius 3 is 2.29 bits per heavy atom. The van der Waals surface area contributed by atoms with Gasteiger partial charge in [0.15, 0.2) is 0 Å². The van der Waals surface area contributed by atoms with Crippen molar-refractivity contribution in [3.05, 3.63) is 47.8 Å². The highest BCUT2D eigenvalue weighted by Gasteiger charge is 2.11. The molecule has 1 aromatic carbocycles. The maximum absolute atomic E-state index is 6.17. The molecule has 0 saturated carbocycles. The SMILES string of the molecule is CN(C)c1ccc(C(N)c2ccn(C)n2)cc1. The van der Waals surface area contributed by atoms with Crippen molar-refractivity contribution in [2.75, 3.05) is 19.0 Å². The van der Waals surface area contributed by atoms with Crippen LogP contribution in [0.25, 0.3) is 0 Å². The minimum atomic E-state index is -0.160. The Balaban J connectivity index is 2.22. The monoisotopic (exact) mass is 230 g/mol. The molecule has 0 fully saturated rings. The van der Waals surface area contributed by atoms with E-state index in [4.69, 9.17) is 5.73 Å². The fraction of sp³-hybridized carbons (Fsp3) is 0.308. The van der Waals surface area contributed by atoms with Crippen molar-refractivity contribution in [2.45, 2.75) is 6.04 Å². The summed E-state index contributed by atoms with van der Waals surface area (Å²) >= 11 is 0. The summed E-state index contributed by atoms with van der Waals surface area (Å²) in [4.78, 5) is 2.07. The van der Waals surface area contributed by atoms with E-state index >= 15 is 0 Å². The van der Waals surface area contributed by atoms with Crippen molar-refractivity contribution in [3.63, 3.8) is 0 Å². The zero-order valence-electron chi connectivity index (χ0n) is 10.5. The smallest absolute Gasteiger partial charge is 0.0837 e. The van der Waals surface area contributed by atoms with Crippen LogP contribution < -0.4 is 10.6 Å². The molecule has 0 saturated heterocycles. The molecule has 1 heterocycles. The van der Waals surface area contributed by atoms with E-state index in [1.165, 1.54) is 5.69 Å². The number of benzene rings is 1. The summed E-state index contributed by atoms with van der Waals surface area (Å²) in [7, 11) is 5.94. The van der Waals surface area contributed by atoms with Gasteiger partial charge >= 0.3 is 0 Å². The second-order valence-electron chi connectivity index (χ2n) is 4.38. The van der Waals surface area contributed by atoms with E-state index in [0.29, 0.717) is 0 Å². The van der Waals surface area contributed by atoms with Gasteiger partial charge in [-0.2, -0.15) is 5.10 Å². The van der Waals surface area contributed by atoms with Crippen molar-refractivity contribution in [3.8, 4) is 0 Å². The normalized spacial score (nSPS) is 12.5. The first-order valence-corrected chi connectivity index (χ1v) is 5.60. The van der Waals surface area contributed by atoms with Crippen LogP contribution >= 0.6 is 0 Å². The Bertz CT molecular complexity index is 484. The molecule has 0 aliphatic heterocycles. The van der Waals surface area contributed by atoms with Crippen molar-refractivity contribution >= 4 is 5.69 Å². The van der Waals surface area contributed by atoms with Gasteiger partial charge in [-0.15, -0.1) is 0 Å². The average Bonchev–Trinajstić information content (AvgIpc) is 2.75. The van der Waals surface area contributed by atoms with Crippen LogP contribution in [0.5, 0.6) is 0 Å². The molecule has 90 valence electrons. The van der Waals surface area contributed by atoms with Crippen molar-refractivity contribution in [1.82, 2.24) is 9.78 Å². The lowest BCUT2D eigenvalue weighted by Gasteiger charge is -2.14. The van der Waals surface area contributed by atoms with Crippen molar-refractivity contribution < 1.29 is 0 Å². The highest BCUT2D eigenvalue weighted by molar-refractivity contribution is 5.47. The maximum atomic E-state index is 6.17. The average molecular weight is 230 g/mol. The third-order valence-corrected chi connectivity index (χ3v) is 2.82. The van der Waals surface area contributed by atoms with Crippen LogP contribution in [0.3, 0.4) is 0 Å². The van der Waals surface area contributed by atoms with Crippen LogP contribution in [0.1, 0.15) is 17.3 Å². The van der Waals surface area contributed by atoms with E-state index in [-0.39, 0.29) is 6.04 Å². The van der Waals surface area contributed by atoms with Crippen LogP contribution in [0.4, 0.5) is 5.69 Å². The molecule has 0 spiro atoms. The number of aromatic nitrogens is 2. The Morgan fingerprint density at radius 2 is 1.82 bits per heavy atom. The van der Waals surface area contributed by atoms with Crippen LogP contribution in [-0.4, -0.2) is 23.9 Å². The molecule has 1 atom stereocenters. The standard InChI is InChI=1S/C13H18N4/c1-16(2)11-6-4-10(5-7-11)13(14)12-8-9-17(3)15-12/h4-9,13H,14H2,1-3H3. The molecule has 2 rings (SSSR count). The summed E-state index contributed by atoms with van der Waals surface area (Å²) in [5.41, 5.74) is 9.31. The molecule has 1 aromatic heterocycles. The van der Waals surface area contributed by atoms with Gasteiger partial charge in [0.1, 0.15) is 0 Å². The Kier molecular flexibility index (Phi) is 3.15. The molecule has 0 bridgehead atoms. The largest absolute Gasteiger partial charge is 0.378 e. The summed E-state index contributed by atoms with van der Waals surface area (Å²) in [6, 6.07) is 10.0. The lowest BCUT2D eigenvalue weighted by Crippen LogP contribution is -2.14. The molecular formula is C13H18N4. The quantitative estimate of drug-likeness (QED) is 0.870. The van der Waals surface area contributed by atoms with Gasteiger partial charge in [-0.25, -0.2) is 0 Å². The lowest BCUT2D eigenvalue weighted by molar-refractivity contribution is 0.716. The van der Waals surface area contributed by atoms with Crippen LogP contribution in [0.15, 0.2) is 36.5 Å². The fourth-order valence-electron chi connectivity index (χ4n) is 1.75. The zero-order chi connectivity index (χ0) is 12.4. The van der Waals surface area contributed by atoms with E-state index in [9.17, 15) is 0 Å². The maximum Gasteiger partial charge on any atom is 0.0837 e. The van der Waals surface area contributed by atoms with Gasteiger partial charge < -0.3 is 10.6 Å². The van der Waals surface area contributed by atoms with Crippen LogP contribution in [-0.2, 0) is 7.05 Å². The molecule has 2 N–H and O–H groups in total. The van der Waals surface area contributed by atoms with E-state index < -0.39 is 0 Å². The number of aryl methyl sites for hydroxylation is 1. The topological polar surface area (TPSA) is 47.1 Å². The minimum Gasteiger partial charge on any atom is -0.378 e. The van der Waals surface area contributed by atoms with Gasteiger partial charge in [0.05, 0.1) is 11.7 Å². The Labute approximate surface area is 102 Å². The molecule has 17 heavy (non-hydrogen) atoms. The van der Waals surface area contributed by atoms with Crippen molar-refractivity contribution in [1.29, 1.82) is 0 Å². The first-order chi connectivity index (χ1) is 8.08. The number of hydrogen-bond donors (Lipinski definition) is 1. The third kappa shape index (κ3) is 2.47. The molecule has 2 aromatic rings. The van der Waals surface area contributed by atoms with Crippen LogP contribution in [0, 0.1) is 0 Å². The predicted octanol–water partition coefficient (Wildman–Crippen LogP) is 1.53. The molecular weight excluding hydrogens is 212 g/mol. The molecule has 0 radical (unpaired) electrons. The molecule has 4 nitrogen and oxygen atoms in total. The molecule has 0 aliphatic carbocycles. The Hall–Kier alpha value is -1.81. The van der Waals surface area contributed by atoms with E-state index in [1.54, 1.807) is 4.68 Å². The number of anilines is 1. The zero-order valence-corrected chi connectivity index (χ0v) is 10.5. The molecule has 0 aliphatic rings. The van der Waals surface area contributed by atoms with E-state index in [2.05, 4.69) is 34.3 Å². The van der Waals surface area contributed by atoms with Gasteiger partial charge in [0, 0.05) is 33.0 Å². The molecule has 0 amide bonds. The molecule has 4 heteroatoms. The number of nitrogens with two attached hydrogens (primary N) is 1. The van der Waals surface area contributed by atoms with Gasteiger partial charge in [-0.05, 0) is 23.8 Å². The van der Waals surface area contributed by atoms with Crippen LogP contribution in [0.2, 0.25) is 0 Å². The summed E-state index contributed by atoms with van der Waals surface area (Å²) in [6.45, 7) is 0. The summed E-state index contributed by atoms with van der Waals surface area (Å²) < 4.78 is 1.77. The van der Waals surface area contributed by atoms with Gasteiger partial charge in [-0.3, -0.25) is 4.68 Å². The van der Waals surface area contributed by atoms with E-state index in [1.807, 2.05) is 33.4 Å². The van der Waals surface area contributed by atoms with Gasteiger partial charge in [0.2, 0.25) is 0 Å². The highest BCUT2D eigenvalue weighted by Crippen LogP contribution is 2.20. The second kappa shape index (κ2) is 4.59. The minimum absolute atomic E-state index is 0.160. The van der Waals surface area contributed by atoms with Gasteiger partial charge in [-0.1, -0.05) is 12.1 Å². The number of nitrogens with zero attached hydrogens (tertiary/aromatic N) is 3. The molecule has 1 unspecified atom stereocenters. The second-order valence-corrected chi connectivity index (χ2v) is 4.38. The third-order valence-electron chi connectivity index (χ3n) is 2.82. The van der Waals surface area contributed by atoms with Crippen molar-refractivity contribution in [2.24, 2.45) is 12.8 Å². The predicted molar refractivity (Wildman–Crippen MR) is 70.0 cm³/mol.